The van der Waals surface area contributed by atoms with E-state index in [4.69, 9.17) is 11.6 Å². The summed E-state index contributed by atoms with van der Waals surface area (Å²) in [7, 11) is 1.84. The summed E-state index contributed by atoms with van der Waals surface area (Å²) in [6.07, 6.45) is 0. The van der Waals surface area contributed by atoms with E-state index in [1.165, 1.54) is 0 Å². The van der Waals surface area contributed by atoms with E-state index in [-0.39, 0.29) is 0 Å². The Bertz CT molecular complexity index is 275. The molecule has 11 heavy (non-hydrogen) atoms. The van der Waals surface area contributed by atoms with Gasteiger partial charge in [0.1, 0.15) is 4.60 Å². The van der Waals surface area contributed by atoms with E-state index in [1.54, 1.807) is 0 Å². The minimum atomic E-state index is 0.625. The predicted molar refractivity (Wildman–Crippen MR) is 51.2 cm³/mol. The number of hydrogen-bond donors (Lipinski definition) is 1. The van der Waals surface area contributed by atoms with Gasteiger partial charge in [0, 0.05) is 7.05 Å². The molecule has 2 nitrogen and oxygen atoms in total. The van der Waals surface area contributed by atoms with E-state index in [0.717, 1.165) is 11.4 Å². The molecule has 4 heteroatoms. The Balaban J connectivity index is 3.21. The molecular weight excluding hydrogens is 227 g/mol. The minimum Gasteiger partial charge on any atom is -0.387 e. The van der Waals surface area contributed by atoms with E-state index in [9.17, 15) is 0 Å². The van der Waals surface area contributed by atoms with Crippen molar-refractivity contribution in [1.29, 1.82) is 0 Å². The average Bonchev–Trinajstić information content (AvgIpc) is 1.97. The van der Waals surface area contributed by atoms with Gasteiger partial charge in [-0.25, -0.2) is 4.98 Å². The van der Waals surface area contributed by atoms with Crippen molar-refractivity contribution >= 4 is 33.2 Å². The zero-order valence-corrected chi connectivity index (χ0v) is 8.62. The van der Waals surface area contributed by atoms with Crippen molar-refractivity contribution < 1.29 is 0 Å². The number of aryl methyl sites for hydroxylation is 1. The van der Waals surface area contributed by atoms with Crippen LogP contribution in [-0.2, 0) is 0 Å². The van der Waals surface area contributed by atoms with Gasteiger partial charge in [-0.05, 0) is 28.9 Å². The van der Waals surface area contributed by atoms with Crippen molar-refractivity contribution in [3.63, 3.8) is 0 Å². The quantitative estimate of drug-likeness (QED) is 0.757. The van der Waals surface area contributed by atoms with Gasteiger partial charge in [-0.2, -0.15) is 0 Å². The van der Waals surface area contributed by atoms with Crippen molar-refractivity contribution in [2.75, 3.05) is 12.4 Å². The highest BCUT2D eigenvalue weighted by Gasteiger charge is 2.02. The second-order valence-corrected chi connectivity index (χ2v) is 3.30. The topological polar surface area (TPSA) is 24.9 Å². The number of pyridine rings is 1. The first-order chi connectivity index (χ1) is 5.15. The molecule has 0 saturated heterocycles. The second-order valence-electron chi connectivity index (χ2n) is 2.14. The normalized spacial score (nSPS) is 9.82. The van der Waals surface area contributed by atoms with Crippen molar-refractivity contribution in [2.45, 2.75) is 6.92 Å². The molecule has 0 aliphatic carbocycles. The van der Waals surface area contributed by atoms with Gasteiger partial charge in [0.05, 0.1) is 16.4 Å². The fourth-order valence-electron chi connectivity index (χ4n) is 0.805. The first kappa shape index (κ1) is 8.81. The Morgan fingerprint density at radius 1 is 1.64 bits per heavy atom. The summed E-state index contributed by atoms with van der Waals surface area (Å²) in [6, 6.07) is 1.84. The lowest BCUT2D eigenvalue weighted by molar-refractivity contribution is 1.16. The lowest BCUT2D eigenvalue weighted by Gasteiger charge is -2.04. The molecule has 0 atom stereocenters. The van der Waals surface area contributed by atoms with E-state index >= 15 is 0 Å². The molecule has 0 radical (unpaired) electrons. The number of rotatable bonds is 1. The van der Waals surface area contributed by atoms with Crippen LogP contribution < -0.4 is 5.32 Å². The lowest BCUT2D eigenvalue weighted by Crippen LogP contribution is -1.94. The summed E-state index contributed by atoms with van der Waals surface area (Å²) in [5.74, 6) is 0. The Labute approximate surface area is 79.1 Å². The number of nitrogens with one attached hydrogen (secondary N) is 1. The van der Waals surface area contributed by atoms with Gasteiger partial charge < -0.3 is 5.32 Å². The molecule has 1 heterocycles. The molecule has 1 N–H and O–H groups in total. The SMILES string of the molecule is CNc1cc(Cl)c(Br)nc1C. The second kappa shape index (κ2) is 3.41. The fraction of sp³-hybridized carbons (Fsp3) is 0.286. The zero-order chi connectivity index (χ0) is 8.43. The molecule has 0 spiro atoms. The lowest BCUT2D eigenvalue weighted by atomic mass is 10.3. The Morgan fingerprint density at radius 3 is 2.82 bits per heavy atom. The maximum atomic E-state index is 5.82. The molecule has 0 aliphatic heterocycles. The third kappa shape index (κ3) is 1.84. The van der Waals surface area contributed by atoms with Gasteiger partial charge >= 0.3 is 0 Å². The van der Waals surface area contributed by atoms with Crippen LogP contribution in [0.4, 0.5) is 5.69 Å². The summed E-state index contributed by atoms with van der Waals surface area (Å²) in [6.45, 7) is 1.92. The summed E-state index contributed by atoms with van der Waals surface area (Å²) < 4.78 is 0.690. The summed E-state index contributed by atoms with van der Waals surface area (Å²) >= 11 is 9.05. The average molecular weight is 236 g/mol. The number of halogens is 2. The van der Waals surface area contributed by atoms with Crippen LogP contribution in [0, 0.1) is 6.92 Å². The first-order valence-corrected chi connectivity index (χ1v) is 4.32. The van der Waals surface area contributed by atoms with Crippen molar-refractivity contribution in [2.24, 2.45) is 0 Å². The van der Waals surface area contributed by atoms with Crippen molar-refractivity contribution in [1.82, 2.24) is 4.98 Å². The molecule has 0 fully saturated rings. The first-order valence-electron chi connectivity index (χ1n) is 3.15. The summed E-state index contributed by atoms with van der Waals surface area (Å²) in [5, 5.41) is 3.62. The molecule has 0 amide bonds. The van der Waals surface area contributed by atoms with Crippen LogP contribution in [0.2, 0.25) is 5.02 Å². The van der Waals surface area contributed by atoms with Gasteiger partial charge in [-0.3, -0.25) is 0 Å². The van der Waals surface area contributed by atoms with E-state index < -0.39 is 0 Å². The number of hydrogen-bond acceptors (Lipinski definition) is 2. The number of aromatic nitrogens is 1. The van der Waals surface area contributed by atoms with Gasteiger partial charge in [-0.15, -0.1) is 0 Å². The van der Waals surface area contributed by atoms with Crippen LogP contribution in [0.25, 0.3) is 0 Å². The molecule has 1 aromatic heterocycles. The Hall–Kier alpha value is -0.280. The highest BCUT2D eigenvalue weighted by atomic mass is 79.9. The number of nitrogens with zero attached hydrogens (tertiary/aromatic N) is 1. The highest BCUT2D eigenvalue weighted by Crippen LogP contribution is 2.25. The maximum absolute atomic E-state index is 5.82. The fourth-order valence-corrected chi connectivity index (χ4v) is 1.34. The largest absolute Gasteiger partial charge is 0.387 e. The van der Waals surface area contributed by atoms with Crippen molar-refractivity contribution in [3.05, 3.63) is 21.4 Å². The number of anilines is 1. The van der Waals surface area contributed by atoms with Gasteiger partial charge in [0.25, 0.3) is 0 Å². The van der Waals surface area contributed by atoms with Crippen LogP contribution in [-0.4, -0.2) is 12.0 Å². The van der Waals surface area contributed by atoms with Crippen LogP contribution in [0.1, 0.15) is 5.69 Å². The molecule has 0 bridgehead atoms. The molecule has 0 saturated carbocycles. The maximum Gasteiger partial charge on any atom is 0.125 e. The van der Waals surface area contributed by atoms with Crippen LogP contribution in [0.15, 0.2) is 10.7 Å². The summed E-state index contributed by atoms with van der Waals surface area (Å²) in [5.41, 5.74) is 1.89. The third-order valence-corrected chi connectivity index (χ3v) is 2.51. The molecule has 60 valence electrons. The Kier molecular flexibility index (Phi) is 2.73. The Morgan fingerprint density at radius 2 is 2.27 bits per heavy atom. The molecule has 1 aromatic rings. The van der Waals surface area contributed by atoms with Gasteiger partial charge in [0.2, 0.25) is 0 Å². The van der Waals surface area contributed by atoms with Crippen LogP contribution in [0.3, 0.4) is 0 Å². The molecular formula is C7H8BrClN2. The minimum absolute atomic E-state index is 0.625. The molecule has 0 aromatic carbocycles. The smallest absolute Gasteiger partial charge is 0.125 e. The van der Waals surface area contributed by atoms with E-state index in [1.807, 2.05) is 20.0 Å². The van der Waals surface area contributed by atoms with E-state index in [2.05, 4.69) is 26.2 Å². The highest BCUT2D eigenvalue weighted by molar-refractivity contribution is 9.10. The molecule has 1 rings (SSSR count). The summed E-state index contributed by atoms with van der Waals surface area (Å²) in [4.78, 5) is 4.17. The van der Waals surface area contributed by atoms with Crippen molar-refractivity contribution in [3.8, 4) is 0 Å². The van der Waals surface area contributed by atoms with Gasteiger partial charge in [0.15, 0.2) is 0 Å². The predicted octanol–water partition coefficient (Wildman–Crippen LogP) is 2.85. The standard InChI is InChI=1S/C7H8BrClN2/c1-4-6(10-2)3-5(9)7(8)11-4/h3,10H,1-2H3. The molecule has 0 unspecified atom stereocenters. The van der Waals surface area contributed by atoms with Crippen LogP contribution >= 0.6 is 27.5 Å². The molecule has 0 aliphatic rings. The van der Waals surface area contributed by atoms with E-state index in [0.29, 0.717) is 9.63 Å². The zero-order valence-electron chi connectivity index (χ0n) is 6.28. The monoisotopic (exact) mass is 234 g/mol. The van der Waals surface area contributed by atoms with Crippen LogP contribution in [0.5, 0.6) is 0 Å². The third-order valence-electron chi connectivity index (χ3n) is 1.39. The van der Waals surface area contributed by atoms with Gasteiger partial charge in [-0.1, -0.05) is 11.6 Å².